The molecular weight excluding hydrogens is 466 g/mol. The van der Waals surface area contributed by atoms with Gasteiger partial charge in [-0.1, -0.05) is 66.2 Å². The van der Waals surface area contributed by atoms with Gasteiger partial charge in [0.1, 0.15) is 0 Å². The van der Waals surface area contributed by atoms with Gasteiger partial charge in [0.05, 0.1) is 28.8 Å². The standard InChI is InChI=1S/C26H25N3O5S/c1-18-8-7-9-19(16-18)24-17-23(27-29(24)25(30)14-15-26(31)32)21-12-5-6-13-22(21)28-35(33,34)20-10-3-2-4-11-20/h2-13,16,24,28H,14-15,17H2,1H3,(H,31,32)/t24-/m0/s1. The van der Waals surface area contributed by atoms with E-state index >= 15 is 0 Å². The molecule has 2 N–H and O–H groups in total. The smallest absolute Gasteiger partial charge is 0.303 e. The highest BCUT2D eigenvalue weighted by Gasteiger charge is 2.34. The SMILES string of the molecule is Cc1cccc([C@@H]2CC(c3ccccc3NS(=O)(=O)c3ccccc3)=NN2C(=O)CCC(=O)O)c1. The lowest BCUT2D eigenvalue weighted by Gasteiger charge is -2.22. The van der Waals surface area contributed by atoms with Crippen molar-refractivity contribution in [1.29, 1.82) is 0 Å². The molecule has 35 heavy (non-hydrogen) atoms. The Labute approximate surface area is 204 Å². The molecule has 0 fully saturated rings. The van der Waals surface area contributed by atoms with Crippen LogP contribution in [-0.2, 0) is 19.6 Å². The zero-order chi connectivity index (χ0) is 25.0. The predicted octanol–water partition coefficient (Wildman–Crippen LogP) is 4.34. The Morgan fingerprint density at radius 1 is 1.00 bits per heavy atom. The molecule has 4 rings (SSSR count). The van der Waals surface area contributed by atoms with Crippen molar-refractivity contribution >= 4 is 33.3 Å². The predicted molar refractivity (Wildman–Crippen MR) is 132 cm³/mol. The van der Waals surface area contributed by atoms with Gasteiger partial charge < -0.3 is 5.11 Å². The number of hydrogen-bond donors (Lipinski definition) is 2. The molecule has 0 spiro atoms. The second-order valence-electron chi connectivity index (χ2n) is 8.28. The van der Waals surface area contributed by atoms with Gasteiger partial charge in [-0.05, 0) is 30.7 Å². The van der Waals surface area contributed by atoms with Crippen molar-refractivity contribution in [3.8, 4) is 0 Å². The summed E-state index contributed by atoms with van der Waals surface area (Å²) in [6.45, 7) is 1.95. The number of benzene rings is 3. The van der Waals surface area contributed by atoms with Crippen molar-refractivity contribution in [2.75, 3.05) is 4.72 Å². The van der Waals surface area contributed by atoms with Crippen molar-refractivity contribution in [1.82, 2.24) is 5.01 Å². The third-order valence-corrected chi connectivity index (χ3v) is 7.06. The number of aryl methyl sites for hydroxylation is 1. The van der Waals surface area contributed by atoms with Crippen LogP contribution in [-0.4, -0.2) is 36.1 Å². The lowest BCUT2D eigenvalue weighted by molar-refractivity contribution is -0.141. The van der Waals surface area contributed by atoms with Crippen molar-refractivity contribution < 1.29 is 23.1 Å². The van der Waals surface area contributed by atoms with E-state index in [1.54, 1.807) is 42.5 Å². The van der Waals surface area contributed by atoms with Crippen LogP contribution < -0.4 is 4.72 Å². The van der Waals surface area contributed by atoms with E-state index in [1.165, 1.54) is 17.1 Å². The first-order valence-electron chi connectivity index (χ1n) is 11.1. The van der Waals surface area contributed by atoms with Crippen LogP contribution in [0.25, 0.3) is 0 Å². The molecule has 0 aliphatic carbocycles. The topological polar surface area (TPSA) is 116 Å². The minimum absolute atomic E-state index is 0.131. The maximum atomic E-state index is 12.9. The van der Waals surface area contributed by atoms with Gasteiger partial charge in [-0.25, -0.2) is 13.4 Å². The molecule has 1 heterocycles. The van der Waals surface area contributed by atoms with Crippen LogP contribution >= 0.6 is 0 Å². The quantitative estimate of drug-likeness (QED) is 0.486. The fourth-order valence-electron chi connectivity index (χ4n) is 4.00. The van der Waals surface area contributed by atoms with Crippen molar-refractivity contribution in [2.45, 2.75) is 37.1 Å². The number of nitrogens with one attached hydrogen (secondary N) is 1. The van der Waals surface area contributed by atoms with Gasteiger partial charge in [-0.3, -0.25) is 14.3 Å². The minimum atomic E-state index is -3.84. The normalized spacial score (nSPS) is 15.5. The summed E-state index contributed by atoms with van der Waals surface area (Å²) in [7, 11) is -3.84. The van der Waals surface area contributed by atoms with Gasteiger partial charge >= 0.3 is 5.97 Å². The monoisotopic (exact) mass is 491 g/mol. The molecule has 1 aliphatic rings. The molecule has 0 saturated heterocycles. The average Bonchev–Trinajstić information content (AvgIpc) is 3.29. The van der Waals surface area contributed by atoms with Gasteiger partial charge in [0.15, 0.2) is 0 Å². The Morgan fingerprint density at radius 2 is 1.71 bits per heavy atom. The number of anilines is 1. The number of sulfonamides is 1. The van der Waals surface area contributed by atoms with E-state index in [1.807, 2.05) is 31.2 Å². The summed E-state index contributed by atoms with van der Waals surface area (Å²) in [5, 5.41) is 14.9. The maximum Gasteiger partial charge on any atom is 0.303 e. The fourth-order valence-corrected chi connectivity index (χ4v) is 5.10. The van der Waals surface area contributed by atoms with Crippen LogP contribution in [0.1, 0.15) is 42.0 Å². The van der Waals surface area contributed by atoms with E-state index in [4.69, 9.17) is 5.11 Å². The summed E-state index contributed by atoms with van der Waals surface area (Å²) in [6, 6.07) is 22.2. The Bertz CT molecular complexity index is 1390. The summed E-state index contributed by atoms with van der Waals surface area (Å²) in [5.41, 5.74) is 3.32. The van der Waals surface area contributed by atoms with E-state index in [0.29, 0.717) is 23.4 Å². The molecule has 0 unspecified atom stereocenters. The number of amides is 1. The average molecular weight is 492 g/mol. The number of rotatable bonds is 8. The molecule has 1 amide bonds. The Hall–Kier alpha value is -3.98. The number of hydrazone groups is 1. The van der Waals surface area contributed by atoms with E-state index in [9.17, 15) is 18.0 Å². The number of hydrogen-bond acceptors (Lipinski definition) is 5. The number of para-hydroxylation sites is 1. The molecule has 0 radical (unpaired) electrons. The van der Waals surface area contributed by atoms with E-state index in [0.717, 1.165) is 11.1 Å². The molecule has 0 aromatic heterocycles. The molecule has 1 atom stereocenters. The van der Waals surface area contributed by atoms with Gasteiger partial charge in [-0.2, -0.15) is 5.10 Å². The van der Waals surface area contributed by atoms with Gasteiger partial charge in [0.25, 0.3) is 10.0 Å². The first-order chi connectivity index (χ1) is 16.7. The molecular formula is C26H25N3O5S. The number of carboxylic acid groups (broad SMARTS) is 1. The molecule has 8 nitrogen and oxygen atoms in total. The fraction of sp³-hybridized carbons (Fsp3) is 0.192. The molecule has 1 aliphatic heterocycles. The number of carbonyl (C=O) groups excluding carboxylic acids is 1. The first kappa shape index (κ1) is 24.2. The molecule has 180 valence electrons. The zero-order valence-electron chi connectivity index (χ0n) is 19.1. The van der Waals surface area contributed by atoms with Crippen LogP contribution in [0.5, 0.6) is 0 Å². The molecule has 0 saturated carbocycles. The highest BCUT2D eigenvalue weighted by atomic mass is 32.2. The van der Waals surface area contributed by atoms with Crippen LogP contribution in [0.3, 0.4) is 0 Å². The van der Waals surface area contributed by atoms with Crippen LogP contribution in [0, 0.1) is 6.92 Å². The van der Waals surface area contributed by atoms with Crippen molar-refractivity contribution in [3.63, 3.8) is 0 Å². The van der Waals surface area contributed by atoms with Crippen molar-refractivity contribution in [3.05, 3.63) is 95.6 Å². The number of carboxylic acids is 1. The summed E-state index contributed by atoms with van der Waals surface area (Å²) < 4.78 is 28.5. The summed E-state index contributed by atoms with van der Waals surface area (Å²) in [5.74, 6) is -1.47. The lowest BCUT2D eigenvalue weighted by Crippen LogP contribution is -2.27. The third kappa shape index (κ3) is 5.58. The number of carbonyl (C=O) groups is 2. The third-order valence-electron chi connectivity index (χ3n) is 5.68. The van der Waals surface area contributed by atoms with Gasteiger partial charge in [0.2, 0.25) is 5.91 Å². The summed E-state index contributed by atoms with van der Waals surface area (Å²) in [6.07, 6.45) is -0.128. The molecule has 9 heteroatoms. The largest absolute Gasteiger partial charge is 0.481 e. The van der Waals surface area contributed by atoms with Gasteiger partial charge in [0, 0.05) is 18.4 Å². The van der Waals surface area contributed by atoms with E-state index in [-0.39, 0.29) is 17.7 Å². The van der Waals surface area contributed by atoms with Crippen LogP contribution in [0.4, 0.5) is 5.69 Å². The Morgan fingerprint density at radius 3 is 2.43 bits per heavy atom. The zero-order valence-corrected chi connectivity index (χ0v) is 19.9. The molecule has 3 aromatic carbocycles. The minimum Gasteiger partial charge on any atom is -0.481 e. The second-order valence-corrected chi connectivity index (χ2v) is 9.96. The van der Waals surface area contributed by atoms with E-state index in [2.05, 4.69) is 9.82 Å². The van der Waals surface area contributed by atoms with Gasteiger partial charge in [-0.15, -0.1) is 0 Å². The highest BCUT2D eigenvalue weighted by molar-refractivity contribution is 7.92. The Balaban J connectivity index is 1.69. The molecule has 3 aromatic rings. The lowest BCUT2D eigenvalue weighted by atomic mass is 9.96. The number of aliphatic carboxylic acids is 1. The second kappa shape index (κ2) is 10.1. The summed E-state index contributed by atoms with van der Waals surface area (Å²) >= 11 is 0. The Kier molecular flexibility index (Phi) is 6.97. The van der Waals surface area contributed by atoms with Crippen LogP contribution in [0.2, 0.25) is 0 Å². The molecule has 0 bridgehead atoms. The first-order valence-corrected chi connectivity index (χ1v) is 12.6. The highest BCUT2D eigenvalue weighted by Crippen LogP contribution is 2.35. The van der Waals surface area contributed by atoms with Crippen molar-refractivity contribution in [2.24, 2.45) is 5.10 Å². The maximum absolute atomic E-state index is 12.9. The van der Waals surface area contributed by atoms with E-state index < -0.39 is 27.9 Å². The summed E-state index contributed by atoms with van der Waals surface area (Å²) in [4.78, 5) is 24.1. The van der Waals surface area contributed by atoms with Crippen LogP contribution in [0.15, 0.2) is 88.9 Å². The number of nitrogens with zero attached hydrogens (tertiary/aromatic N) is 2.